The van der Waals surface area contributed by atoms with Gasteiger partial charge in [0.2, 0.25) is 0 Å². The van der Waals surface area contributed by atoms with Crippen LogP contribution in [0.5, 0.6) is 0 Å². The third-order valence-corrected chi connectivity index (χ3v) is 3.53. The van der Waals surface area contributed by atoms with Crippen LogP contribution in [0.25, 0.3) is 11.5 Å². The Labute approximate surface area is 137 Å². The molecular formula is C16H17N5O3. The molecular weight excluding hydrogens is 310 g/mol. The highest BCUT2D eigenvalue weighted by atomic mass is 16.5. The van der Waals surface area contributed by atoms with Crippen molar-refractivity contribution >= 4 is 11.7 Å². The lowest BCUT2D eigenvalue weighted by Gasteiger charge is -2.09. The molecule has 0 atom stereocenters. The normalized spacial score (nSPS) is 10.9. The Bertz CT molecular complexity index is 901. The number of benzene rings is 1. The second kappa shape index (κ2) is 7.03. The van der Waals surface area contributed by atoms with Gasteiger partial charge in [0.25, 0.3) is 5.78 Å². The van der Waals surface area contributed by atoms with Crippen molar-refractivity contribution in [2.45, 2.75) is 26.2 Å². The van der Waals surface area contributed by atoms with Crippen LogP contribution >= 0.6 is 0 Å². The molecule has 0 bridgehead atoms. The number of hydrogen-bond donors (Lipinski definition) is 0. The van der Waals surface area contributed by atoms with E-state index in [2.05, 4.69) is 15.2 Å². The van der Waals surface area contributed by atoms with Crippen LogP contribution in [-0.4, -0.2) is 37.0 Å². The third kappa shape index (κ3) is 3.32. The van der Waals surface area contributed by atoms with Gasteiger partial charge in [0, 0.05) is 6.92 Å². The highest BCUT2D eigenvalue weighted by Gasteiger charge is 2.13. The van der Waals surface area contributed by atoms with E-state index >= 15 is 0 Å². The molecule has 0 fully saturated rings. The summed E-state index contributed by atoms with van der Waals surface area (Å²) in [5, 5.41) is 7.85. The number of nitrogens with zero attached hydrogens (tertiary/aromatic N) is 5. The van der Waals surface area contributed by atoms with Crippen molar-refractivity contribution in [1.29, 1.82) is 0 Å². The van der Waals surface area contributed by atoms with Gasteiger partial charge in [-0.2, -0.15) is 14.8 Å². The van der Waals surface area contributed by atoms with Crippen LogP contribution in [0.3, 0.4) is 0 Å². The van der Waals surface area contributed by atoms with Gasteiger partial charge in [-0.15, -0.1) is 5.10 Å². The van der Waals surface area contributed by atoms with Crippen molar-refractivity contribution in [2.75, 3.05) is 6.61 Å². The van der Waals surface area contributed by atoms with Crippen LogP contribution in [0.15, 0.2) is 41.3 Å². The minimum absolute atomic E-state index is 0.265. The molecule has 3 rings (SSSR count). The zero-order chi connectivity index (χ0) is 16.9. The lowest BCUT2D eigenvalue weighted by atomic mass is 10.2. The summed E-state index contributed by atoms with van der Waals surface area (Å²) in [5.41, 5.74) is 1.13. The molecule has 0 aliphatic heterocycles. The van der Waals surface area contributed by atoms with E-state index in [-0.39, 0.29) is 11.7 Å². The van der Waals surface area contributed by atoms with E-state index < -0.39 is 5.69 Å². The maximum absolute atomic E-state index is 12.2. The molecule has 0 aliphatic carbocycles. The zero-order valence-electron chi connectivity index (χ0n) is 13.3. The van der Waals surface area contributed by atoms with Crippen LogP contribution in [0.4, 0.5) is 0 Å². The summed E-state index contributed by atoms with van der Waals surface area (Å²) in [5.74, 6) is -0.0168. The molecule has 0 saturated carbocycles. The van der Waals surface area contributed by atoms with E-state index in [0.29, 0.717) is 18.7 Å². The standard InChI is InChI=1S/C16H17N5O3/c1-12(22)24-10-6-5-9-14-11-17-19-15-18-16(23)21(20(14)15)13-7-3-2-4-8-13/h2-4,7-8,11H,5-6,9-10H2,1H3. The number of aromatic nitrogens is 5. The number of esters is 1. The number of carbonyl (C=O) groups excluding carboxylic acids is 1. The van der Waals surface area contributed by atoms with Crippen molar-refractivity contribution in [3.8, 4) is 5.69 Å². The number of rotatable bonds is 6. The van der Waals surface area contributed by atoms with Gasteiger partial charge >= 0.3 is 11.7 Å². The number of aryl methyl sites for hydroxylation is 1. The number of ether oxygens (including phenoxy) is 1. The molecule has 2 heterocycles. The summed E-state index contributed by atoms with van der Waals surface area (Å²) >= 11 is 0. The van der Waals surface area contributed by atoms with Gasteiger partial charge < -0.3 is 4.74 Å². The molecule has 0 N–H and O–H groups in total. The van der Waals surface area contributed by atoms with E-state index in [1.165, 1.54) is 11.6 Å². The molecule has 3 aromatic rings. The lowest BCUT2D eigenvalue weighted by Crippen LogP contribution is -2.20. The Kier molecular flexibility index (Phi) is 4.64. The molecule has 8 heteroatoms. The second-order valence-corrected chi connectivity index (χ2v) is 5.29. The van der Waals surface area contributed by atoms with E-state index in [9.17, 15) is 9.59 Å². The number of hydrogen-bond acceptors (Lipinski definition) is 6. The quantitative estimate of drug-likeness (QED) is 0.498. The average Bonchev–Trinajstić information content (AvgIpc) is 2.91. The average molecular weight is 327 g/mol. The molecule has 0 amide bonds. The predicted molar refractivity (Wildman–Crippen MR) is 86.0 cm³/mol. The Morgan fingerprint density at radius 2 is 2.00 bits per heavy atom. The van der Waals surface area contributed by atoms with Gasteiger partial charge in [-0.3, -0.25) is 4.79 Å². The Morgan fingerprint density at radius 1 is 1.21 bits per heavy atom. The summed E-state index contributed by atoms with van der Waals surface area (Å²) in [7, 11) is 0. The van der Waals surface area contributed by atoms with Gasteiger partial charge in [0.15, 0.2) is 0 Å². The van der Waals surface area contributed by atoms with Crippen molar-refractivity contribution in [3.63, 3.8) is 0 Å². The van der Waals surface area contributed by atoms with Crippen molar-refractivity contribution in [2.24, 2.45) is 0 Å². The van der Waals surface area contributed by atoms with Gasteiger partial charge in [-0.1, -0.05) is 18.2 Å². The minimum atomic E-state index is -0.400. The summed E-state index contributed by atoms with van der Waals surface area (Å²) in [6, 6.07) is 9.26. The summed E-state index contributed by atoms with van der Waals surface area (Å²) < 4.78 is 8.08. The van der Waals surface area contributed by atoms with E-state index in [0.717, 1.165) is 18.5 Å². The van der Waals surface area contributed by atoms with Crippen LogP contribution in [0.2, 0.25) is 0 Å². The molecule has 1 aromatic carbocycles. The van der Waals surface area contributed by atoms with Crippen LogP contribution in [0.1, 0.15) is 25.5 Å². The van der Waals surface area contributed by atoms with Gasteiger partial charge in [0.1, 0.15) is 0 Å². The maximum atomic E-state index is 12.2. The molecule has 124 valence electrons. The smallest absolute Gasteiger partial charge is 0.370 e. The summed E-state index contributed by atoms with van der Waals surface area (Å²) in [6.45, 7) is 1.77. The molecule has 2 aromatic heterocycles. The Hall–Kier alpha value is -3.03. The highest BCUT2D eigenvalue weighted by Crippen LogP contribution is 2.10. The fourth-order valence-electron chi connectivity index (χ4n) is 2.47. The first kappa shape index (κ1) is 15.9. The first-order chi connectivity index (χ1) is 11.7. The highest BCUT2D eigenvalue weighted by molar-refractivity contribution is 5.65. The van der Waals surface area contributed by atoms with Gasteiger partial charge in [-0.05, 0) is 31.4 Å². The van der Waals surface area contributed by atoms with Crippen LogP contribution in [0, 0.1) is 0 Å². The van der Waals surface area contributed by atoms with Crippen LogP contribution < -0.4 is 5.69 Å². The van der Waals surface area contributed by atoms with Crippen molar-refractivity contribution < 1.29 is 9.53 Å². The summed E-state index contributed by atoms with van der Waals surface area (Å²) in [6.07, 6.45) is 3.80. The molecule has 0 unspecified atom stereocenters. The molecule has 0 saturated heterocycles. The third-order valence-electron chi connectivity index (χ3n) is 3.53. The first-order valence-corrected chi connectivity index (χ1v) is 7.68. The lowest BCUT2D eigenvalue weighted by molar-refractivity contribution is -0.141. The van der Waals surface area contributed by atoms with Crippen molar-refractivity contribution in [1.82, 2.24) is 24.4 Å². The van der Waals surface area contributed by atoms with Crippen molar-refractivity contribution in [3.05, 3.63) is 52.7 Å². The number of fused-ring (bicyclic) bond motifs is 1. The fourth-order valence-corrected chi connectivity index (χ4v) is 2.47. The van der Waals surface area contributed by atoms with Gasteiger partial charge in [-0.25, -0.2) is 9.31 Å². The largest absolute Gasteiger partial charge is 0.466 e. The molecule has 0 aliphatic rings. The SMILES string of the molecule is CC(=O)OCCCCc1cnnc2nc(=O)n(-c3ccccc3)n12. The number of carbonyl (C=O) groups is 1. The monoisotopic (exact) mass is 327 g/mol. The van der Waals surface area contributed by atoms with E-state index in [4.69, 9.17) is 4.74 Å². The van der Waals surface area contributed by atoms with Crippen LogP contribution in [-0.2, 0) is 16.0 Å². The summed E-state index contributed by atoms with van der Waals surface area (Å²) in [4.78, 5) is 27.0. The number of unbranched alkanes of at least 4 members (excludes halogenated alkanes) is 1. The molecule has 8 nitrogen and oxygen atoms in total. The fraction of sp³-hybridized carbons (Fsp3) is 0.312. The predicted octanol–water partition coefficient (Wildman–Crippen LogP) is 1.16. The second-order valence-electron chi connectivity index (χ2n) is 5.29. The van der Waals surface area contributed by atoms with E-state index in [1.807, 2.05) is 30.3 Å². The molecule has 0 radical (unpaired) electrons. The molecule has 24 heavy (non-hydrogen) atoms. The topological polar surface area (TPSA) is 91.4 Å². The Morgan fingerprint density at radius 3 is 2.75 bits per heavy atom. The number of para-hydroxylation sites is 1. The zero-order valence-corrected chi connectivity index (χ0v) is 13.3. The first-order valence-electron chi connectivity index (χ1n) is 7.68. The maximum Gasteiger partial charge on any atom is 0.370 e. The minimum Gasteiger partial charge on any atom is -0.466 e. The van der Waals surface area contributed by atoms with E-state index in [1.54, 1.807) is 10.7 Å². The Balaban J connectivity index is 1.89. The molecule has 0 spiro atoms. The van der Waals surface area contributed by atoms with Gasteiger partial charge in [0.05, 0.1) is 24.2 Å².